The topological polar surface area (TPSA) is 50.4 Å². The number of hydrogen-bond donors (Lipinski definition) is 2. The van der Waals surface area contributed by atoms with Gasteiger partial charge in [-0.05, 0) is 36.8 Å². The van der Waals surface area contributed by atoms with Crippen molar-refractivity contribution in [3.05, 3.63) is 42.2 Å². The van der Waals surface area contributed by atoms with Crippen LogP contribution in [0.4, 0.5) is 0 Å². The predicted octanol–water partition coefficient (Wildman–Crippen LogP) is 5.91. The minimum absolute atomic E-state index is 0.352. The molecule has 0 saturated heterocycles. The number of hydrogen-bond acceptors (Lipinski definition) is 4. The van der Waals surface area contributed by atoms with Gasteiger partial charge < -0.3 is 5.73 Å². The van der Waals surface area contributed by atoms with Crippen LogP contribution in [0, 0.1) is 0 Å². The minimum Gasteiger partial charge on any atom is -0.385 e. The molecular weight excluding hydrogens is 314 g/mol. The summed E-state index contributed by atoms with van der Waals surface area (Å²) in [5.41, 5.74) is 10.1. The van der Waals surface area contributed by atoms with Crippen molar-refractivity contribution in [3.8, 4) is 0 Å². The second-order valence-corrected chi connectivity index (χ2v) is 6.64. The third kappa shape index (κ3) is 11.2. The van der Waals surface area contributed by atoms with Gasteiger partial charge in [0.1, 0.15) is 5.82 Å². The summed E-state index contributed by atoms with van der Waals surface area (Å²) in [5.74, 6) is 1.55. The number of unbranched alkanes of at least 4 members (excludes halogenated alkanes) is 5. The van der Waals surface area contributed by atoms with Crippen LogP contribution in [0.5, 0.6) is 0 Å². The highest BCUT2D eigenvalue weighted by atomic mass is 32.2. The zero-order valence-electron chi connectivity index (χ0n) is 15.9. The summed E-state index contributed by atoms with van der Waals surface area (Å²) >= 11 is 1.93. The Kier molecular flexibility index (Phi) is 14.2. The number of thioether (sulfide) groups is 1. The highest BCUT2D eigenvalue weighted by molar-refractivity contribution is 7.99. The van der Waals surface area contributed by atoms with E-state index in [1.807, 2.05) is 32.5 Å². The molecule has 3 N–H and O–H groups in total. The Balaban J connectivity index is 0.00000254. The quantitative estimate of drug-likeness (QED) is 0.226. The van der Waals surface area contributed by atoms with E-state index in [-0.39, 0.29) is 0 Å². The van der Waals surface area contributed by atoms with Crippen LogP contribution in [0.2, 0.25) is 0 Å². The van der Waals surface area contributed by atoms with Gasteiger partial charge in [-0.15, -0.1) is 11.8 Å². The van der Waals surface area contributed by atoms with Crippen LogP contribution in [0.25, 0.3) is 0 Å². The predicted molar refractivity (Wildman–Crippen MR) is 111 cm³/mol. The second-order valence-electron chi connectivity index (χ2n) is 5.47. The normalized spacial score (nSPS) is 10.8. The Morgan fingerprint density at radius 2 is 1.67 bits per heavy atom. The molecule has 0 radical (unpaired) electrons. The molecule has 0 fully saturated rings. The molecule has 3 nitrogen and oxygen atoms in total. The molecular formula is C20H35N3S. The summed E-state index contributed by atoms with van der Waals surface area (Å²) < 4.78 is 0. The highest BCUT2D eigenvalue weighted by Gasteiger charge is 1.99. The fraction of sp³-hybridized carbons (Fsp3) is 0.550. The molecule has 0 amide bonds. The van der Waals surface area contributed by atoms with Gasteiger partial charge in [0, 0.05) is 4.90 Å². The lowest BCUT2D eigenvalue weighted by molar-refractivity contribution is 0.627. The molecule has 0 atom stereocenters. The van der Waals surface area contributed by atoms with Crippen molar-refractivity contribution in [2.75, 3.05) is 5.75 Å². The third-order valence-electron chi connectivity index (χ3n) is 3.41. The molecule has 0 saturated carbocycles. The standard InChI is InChI=1S/C18H29N3S.C2H6/c1-4-5-6-7-8-9-14-22-18-12-10-17(11-13-18)15(2)20-21-16(3)19;1-2/h10-13,21H,3-9,14,19H2,1-2H3;1-2H3/b20-15+;. The SMILES string of the molecule is C=C(N)N/N=C(\C)c1ccc(SCCCCCCCC)cc1.CC. The first-order valence-corrected chi connectivity index (χ1v) is 10.1. The minimum atomic E-state index is 0.352. The number of nitrogens with one attached hydrogen (secondary N) is 1. The van der Waals surface area contributed by atoms with E-state index >= 15 is 0 Å². The van der Waals surface area contributed by atoms with Gasteiger partial charge in [-0.3, -0.25) is 5.43 Å². The first kappa shape index (κ1) is 22.6. The second kappa shape index (κ2) is 15.1. The number of hydrazone groups is 1. The van der Waals surface area contributed by atoms with Crippen molar-refractivity contribution in [1.29, 1.82) is 0 Å². The Hall–Kier alpha value is -1.42. The van der Waals surface area contributed by atoms with E-state index < -0.39 is 0 Å². The lowest BCUT2D eigenvalue weighted by Crippen LogP contribution is -2.14. The van der Waals surface area contributed by atoms with Gasteiger partial charge in [0.25, 0.3) is 0 Å². The van der Waals surface area contributed by atoms with Crippen LogP contribution in [0.15, 0.2) is 46.7 Å². The molecule has 1 rings (SSSR count). The van der Waals surface area contributed by atoms with Crippen molar-refractivity contribution in [1.82, 2.24) is 5.43 Å². The largest absolute Gasteiger partial charge is 0.385 e. The Morgan fingerprint density at radius 1 is 1.08 bits per heavy atom. The van der Waals surface area contributed by atoms with Crippen molar-refractivity contribution < 1.29 is 0 Å². The van der Waals surface area contributed by atoms with Gasteiger partial charge in [-0.25, -0.2) is 0 Å². The monoisotopic (exact) mass is 349 g/mol. The lowest BCUT2D eigenvalue weighted by atomic mass is 10.1. The lowest BCUT2D eigenvalue weighted by Gasteiger charge is -2.05. The first-order chi connectivity index (χ1) is 11.6. The number of nitrogens with zero attached hydrogens (tertiary/aromatic N) is 1. The zero-order chi connectivity index (χ0) is 18.2. The molecule has 0 aliphatic heterocycles. The molecule has 0 unspecified atom stereocenters. The van der Waals surface area contributed by atoms with Gasteiger partial charge in [0.05, 0.1) is 5.71 Å². The van der Waals surface area contributed by atoms with E-state index in [2.05, 4.69) is 48.3 Å². The van der Waals surface area contributed by atoms with E-state index in [4.69, 9.17) is 5.73 Å². The summed E-state index contributed by atoms with van der Waals surface area (Å²) in [6, 6.07) is 8.52. The molecule has 0 aliphatic carbocycles. The van der Waals surface area contributed by atoms with Crippen LogP contribution in [-0.4, -0.2) is 11.5 Å². The molecule has 1 aromatic rings. The van der Waals surface area contributed by atoms with Gasteiger partial charge >= 0.3 is 0 Å². The van der Waals surface area contributed by atoms with E-state index in [9.17, 15) is 0 Å². The van der Waals surface area contributed by atoms with Gasteiger partial charge in [0.2, 0.25) is 0 Å². The molecule has 4 heteroatoms. The molecule has 0 heterocycles. The molecule has 0 aromatic heterocycles. The van der Waals surface area contributed by atoms with Crippen LogP contribution >= 0.6 is 11.8 Å². The first-order valence-electron chi connectivity index (χ1n) is 9.11. The zero-order valence-corrected chi connectivity index (χ0v) is 16.7. The van der Waals surface area contributed by atoms with Crippen LogP contribution in [0.3, 0.4) is 0 Å². The van der Waals surface area contributed by atoms with Gasteiger partial charge in [-0.1, -0.05) is 71.6 Å². The van der Waals surface area contributed by atoms with Crippen molar-refractivity contribution in [2.45, 2.75) is 71.1 Å². The van der Waals surface area contributed by atoms with E-state index in [1.165, 1.54) is 49.2 Å². The smallest absolute Gasteiger partial charge is 0.109 e. The Bertz CT molecular complexity index is 466. The summed E-state index contributed by atoms with van der Waals surface area (Å²) in [6.07, 6.45) is 8.12. The molecule has 24 heavy (non-hydrogen) atoms. The highest BCUT2D eigenvalue weighted by Crippen LogP contribution is 2.20. The van der Waals surface area contributed by atoms with Crippen molar-refractivity contribution >= 4 is 17.5 Å². The number of benzene rings is 1. The van der Waals surface area contributed by atoms with Crippen LogP contribution < -0.4 is 11.2 Å². The summed E-state index contributed by atoms with van der Waals surface area (Å²) in [6.45, 7) is 11.8. The third-order valence-corrected chi connectivity index (χ3v) is 4.50. The average Bonchev–Trinajstić information content (AvgIpc) is 2.61. The Morgan fingerprint density at radius 3 is 2.25 bits per heavy atom. The maximum Gasteiger partial charge on any atom is 0.109 e. The van der Waals surface area contributed by atoms with Crippen LogP contribution in [-0.2, 0) is 0 Å². The molecule has 0 aliphatic rings. The van der Waals surface area contributed by atoms with Crippen LogP contribution in [0.1, 0.15) is 71.8 Å². The summed E-state index contributed by atoms with van der Waals surface area (Å²) in [5, 5.41) is 4.17. The molecule has 136 valence electrons. The van der Waals surface area contributed by atoms with Crippen molar-refractivity contribution in [3.63, 3.8) is 0 Å². The maximum atomic E-state index is 5.43. The van der Waals surface area contributed by atoms with Gasteiger partial charge in [-0.2, -0.15) is 5.10 Å². The fourth-order valence-electron chi connectivity index (χ4n) is 2.08. The molecule has 1 aromatic carbocycles. The number of nitrogens with two attached hydrogens (primary N) is 1. The molecule has 0 bridgehead atoms. The van der Waals surface area contributed by atoms with E-state index in [0.29, 0.717) is 5.82 Å². The van der Waals surface area contributed by atoms with Crippen molar-refractivity contribution in [2.24, 2.45) is 10.8 Å². The maximum absolute atomic E-state index is 5.43. The van der Waals surface area contributed by atoms with E-state index in [0.717, 1.165) is 11.3 Å². The summed E-state index contributed by atoms with van der Waals surface area (Å²) in [7, 11) is 0. The fourth-order valence-corrected chi connectivity index (χ4v) is 3.00. The number of rotatable bonds is 11. The van der Waals surface area contributed by atoms with Gasteiger partial charge in [0.15, 0.2) is 0 Å². The summed E-state index contributed by atoms with van der Waals surface area (Å²) in [4.78, 5) is 1.32. The average molecular weight is 350 g/mol. The molecule has 0 spiro atoms. The van der Waals surface area contributed by atoms with E-state index in [1.54, 1.807) is 0 Å². The Labute approximate surface area is 153 Å².